The third kappa shape index (κ3) is 3.87. The second-order valence-electron chi connectivity index (χ2n) is 5.34. The number of aromatic nitrogens is 1. The molecule has 0 bridgehead atoms. The van der Waals surface area contributed by atoms with Crippen LogP contribution in [0.5, 0.6) is 0 Å². The number of nitrogens with zero attached hydrogens (tertiary/aromatic N) is 1. The number of hydrogen-bond donors (Lipinski definition) is 1. The zero-order valence-electron chi connectivity index (χ0n) is 12.4. The molecule has 1 atom stereocenters. The van der Waals surface area contributed by atoms with E-state index < -0.39 is 0 Å². The Morgan fingerprint density at radius 1 is 1.00 bits per heavy atom. The zero-order valence-corrected chi connectivity index (χ0v) is 13.2. The van der Waals surface area contributed by atoms with Gasteiger partial charge in [0, 0.05) is 23.0 Å². The van der Waals surface area contributed by atoms with E-state index in [1.807, 2.05) is 12.3 Å². The van der Waals surface area contributed by atoms with Crippen LogP contribution in [-0.4, -0.2) is 21.9 Å². The molecule has 3 heteroatoms. The van der Waals surface area contributed by atoms with Crippen LogP contribution in [-0.2, 0) is 6.42 Å². The topological polar surface area (TPSA) is 33.1 Å². The third-order valence-corrected chi connectivity index (χ3v) is 4.89. The normalized spacial score (nSPS) is 12.4. The molecule has 1 unspecified atom stereocenters. The summed E-state index contributed by atoms with van der Waals surface area (Å²) in [6.45, 7) is 0. The van der Waals surface area contributed by atoms with Crippen LogP contribution in [0.2, 0.25) is 0 Å². The number of pyridine rings is 1. The van der Waals surface area contributed by atoms with Gasteiger partial charge in [0.15, 0.2) is 0 Å². The minimum Gasteiger partial charge on any atom is -0.392 e. The average Bonchev–Trinajstić information content (AvgIpc) is 2.59. The van der Waals surface area contributed by atoms with Crippen LogP contribution in [0.4, 0.5) is 0 Å². The standard InChI is InChI=1S/C19H19NOS/c21-17(11-10-15-5-4-12-20-13-15)14-22-19-9-3-7-16-6-1-2-8-18(16)19/h1-9,12-13,17,21H,10-11,14H2. The molecule has 0 saturated carbocycles. The number of aliphatic hydroxyl groups is 1. The number of hydrogen-bond acceptors (Lipinski definition) is 3. The summed E-state index contributed by atoms with van der Waals surface area (Å²) in [6.07, 6.45) is 4.97. The molecule has 1 aromatic heterocycles. The monoisotopic (exact) mass is 309 g/mol. The molecule has 112 valence electrons. The fraction of sp³-hybridized carbons (Fsp3) is 0.211. The molecule has 0 saturated heterocycles. The van der Waals surface area contributed by atoms with E-state index in [0.717, 1.165) is 12.8 Å². The number of rotatable bonds is 6. The molecule has 0 fully saturated rings. The van der Waals surface area contributed by atoms with Crippen LogP contribution in [0.3, 0.4) is 0 Å². The maximum Gasteiger partial charge on any atom is 0.0637 e. The lowest BCUT2D eigenvalue weighted by molar-refractivity contribution is 0.189. The summed E-state index contributed by atoms with van der Waals surface area (Å²) in [4.78, 5) is 5.34. The molecule has 3 rings (SSSR count). The van der Waals surface area contributed by atoms with Crippen molar-refractivity contribution in [3.05, 3.63) is 72.6 Å². The molecule has 0 aliphatic carbocycles. The van der Waals surface area contributed by atoms with Gasteiger partial charge in [-0.05, 0) is 41.3 Å². The van der Waals surface area contributed by atoms with Crippen LogP contribution in [0.15, 0.2) is 71.9 Å². The Hall–Kier alpha value is -1.84. The first-order valence-electron chi connectivity index (χ1n) is 7.50. The van der Waals surface area contributed by atoms with Gasteiger partial charge in [-0.25, -0.2) is 0 Å². The van der Waals surface area contributed by atoms with E-state index in [1.165, 1.54) is 21.2 Å². The van der Waals surface area contributed by atoms with E-state index in [4.69, 9.17) is 0 Å². The third-order valence-electron chi connectivity index (χ3n) is 3.67. The van der Waals surface area contributed by atoms with Crippen LogP contribution < -0.4 is 0 Å². The van der Waals surface area contributed by atoms with Gasteiger partial charge in [-0.3, -0.25) is 4.98 Å². The molecule has 2 aromatic carbocycles. The molecule has 3 aromatic rings. The molecule has 2 nitrogen and oxygen atoms in total. The fourth-order valence-corrected chi connectivity index (χ4v) is 3.52. The highest BCUT2D eigenvalue weighted by Crippen LogP contribution is 2.28. The lowest BCUT2D eigenvalue weighted by Gasteiger charge is -2.11. The van der Waals surface area contributed by atoms with Crippen molar-refractivity contribution in [1.29, 1.82) is 0 Å². The van der Waals surface area contributed by atoms with Gasteiger partial charge in [-0.2, -0.15) is 0 Å². The molecule has 0 aliphatic rings. The Balaban J connectivity index is 1.57. The second-order valence-corrected chi connectivity index (χ2v) is 6.40. The van der Waals surface area contributed by atoms with Gasteiger partial charge < -0.3 is 5.11 Å². The highest BCUT2D eigenvalue weighted by Gasteiger charge is 2.07. The van der Waals surface area contributed by atoms with E-state index in [2.05, 4.69) is 53.5 Å². The minimum atomic E-state index is -0.302. The molecule has 22 heavy (non-hydrogen) atoms. The summed E-state index contributed by atoms with van der Waals surface area (Å²) in [5.74, 6) is 0.717. The van der Waals surface area contributed by atoms with Crippen molar-refractivity contribution in [3.8, 4) is 0 Å². The van der Waals surface area contributed by atoms with Crippen LogP contribution in [0.1, 0.15) is 12.0 Å². The van der Waals surface area contributed by atoms with E-state index in [9.17, 15) is 5.11 Å². The highest BCUT2D eigenvalue weighted by molar-refractivity contribution is 7.99. The van der Waals surface area contributed by atoms with Crippen molar-refractivity contribution in [2.24, 2.45) is 0 Å². The zero-order chi connectivity index (χ0) is 15.2. The van der Waals surface area contributed by atoms with Crippen LogP contribution in [0, 0.1) is 0 Å². The maximum absolute atomic E-state index is 10.2. The quantitative estimate of drug-likeness (QED) is 0.688. The number of aryl methyl sites for hydroxylation is 1. The van der Waals surface area contributed by atoms with Gasteiger partial charge >= 0.3 is 0 Å². The van der Waals surface area contributed by atoms with Gasteiger partial charge in [0.25, 0.3) is 0 Å². The Morgan fingerprint density at radius 2 is 1.86 bits per heavy atom. The van der Waals surface area contributed by atoms with Crippen molar-refractivity contribution in [3.63, 3.8) is 0 Å². The van der Waals surface area contributed by atoms with E-state index in [-0.39, 0.29) is 6.10 Å². The van der Waals surface area contributed by atoms with Gasteiger partial charge in [0.2, 0.25) is 0 Å². The summed E-state index contributed by atoms with van der Waals surface area (Å²) >= 11 is 1.73. The molecule has 0 spiro atoms. The van der Waals surface area contributed by atoms with Crippen molar-refractivity contribution < 1.29 is 5.11 Å². The summed E-state index contributed by atoms with van der Waals surface area (Å²) in [5.41, 5.74) is 1.18. The predicted octanol–water partition coefficient (Wildman–Crippen LogP) is 4.32. The molecule has 1 heterocycles. The lowest BCUT2D eigenvalue weighted by Crippen LogP contribution is -2.11. The Bertz CT molecular complexity index is 724. The van der Waals surface area contributed by atoms with Crippen molar-refractivity contribution >= 4 is 22.5 Å². The summed E-state index contributed by atoms with van der Waals surface area (Å²) in [5, 5.41) is 12.7. The van der Waals surface area contributed by atoms with Crippen LogP contribution in [0.25, 0.3) is 10.8 Å². The van der Waals surface area contributed by atoms with Crippen LogP contribution >= 0.6 is 11.8 Å². The Labute approximate surface area is 135 Å². The average molecular weight is 309 g/mol. The van der Waals surface area contributed by atoms with Gasteiger partial charge in [-0.15, -0.1) is 11.8 Å². The molecule has 0 aliphatic heterocycles. The summed E-state index contributed by atoms with van der Waals surface area (Å²) < 4.78 is 0. The predicted molar refractivity (Wildman–Crippen MR) is 93.2 cm³/mol. The first kappa shape index (κ1) is 15.1. The smallest absolute Gasteiger partial charge is 0.0637 e. The molecule has 1 N–H and O–H groups in total. The number of fused-ring (bicyclic) bond motifs is 1. The van der Waals surface area contributed by atoms with Gasteiger partial charge in [0.1, 0.15) is 0 Å². The number of thioether (sulfide) groups is 1. The van der Waals surface area contributed by atoms with Gasteiger partial charge in [0.05, 0.1) is 6.10 Å². The maximum atomic E-state index is 10.2. The molecule has 0 radical (unpaired) electrons. The fourth-order valence-electron chi connectivity index (χ4n) is 2.47. The van der Waals surface area contributed by atoms with Crippen molar-refractivity contribution in [2.75, 3.05) is 5.75 Å². The largest absolute Gasteiger partial charge is 0.392 e. The summed E-state index contributed by atoms with van der Waals surface area (Å²) in [6, 6.07) is 18.7. The number of benzene rings is 2. The van der Waals surface area contributed by atoms with Crippen molar-refractivity contribution in [1.82, 2.24) is 4.98 Å². The van der Waals surface area contributed by atoms with Crippen molar-refractivity contribution in [2.45, 2.75) is 23.8 Å². The van der Waals surface area contributed by atoms with E-state index in [1.54, 1.807) is 18.0 Å². The SMILES string of the molecule is OC(CCc1cccnc1)CSc1cccc2ccccc12. The highest BCUT2D eigenvalue weighted by atomic mass is 32.2. The van der Waals surface area contributed by atoms with E-state index >= 15 is 0 Å². The first-order valence-corrected chi connectivity index (χ1v) is 8.49. The van der Waals surface area contributed by atoms with Gasteiger partial charge in [-0.1, -0.05) is 42.5 Å². The molecule has 0 amide bonds. The Morgan fingerprint density at radius 3 is 2.73 bits per heavy atom. The molecular formula is C19H19NOS. The van der Waals surface area contributed by atoms with E-state index in [0.29, 0.717) is 5.75 Å². The Kier molecular flexibility index (Phi) is 5.09. The second kappa shape index (κ2) is 7.43. The summed E-state index contributed by atoms with van der Waals surface area (Å²) in [7, 11) is 0. The molecular weight excluding hydrogens is 290 g/mol. The first-order chi connectivity index (χ1) is 10.8. The lowest BCUT2D eigenvalue weighted by atomic mass is 10.1. The minimum absolute atomic E-state index is 0.302. The number of aliphatic hydroxyl groups excluding tert-OH is 1.